The van der Waals surface area contributed by atoms with Gasteiger partial charge in [0.2, 0.25) is 5.91 Å². The number of H-pyrrole nitrogens is 1. The van der Waals surface area contributed by atoms with Gasteiger partial charge in [-0.15, -0.1) is 11.3 Å². The summed E-state index contributed by atoms with van der Waals surface area (Å²) in [5.74, 6) is -0.119. The largest absolute Gasteiger partial charge is 0.349 e. The lowest BCUT2D eigenvalue weighted by Crippen LogP contribution is -2.39. The number of benzene rings is 1. The van der Waals surface area contributed by atoms with E-state index in [0.29, 0.717) is 16.5 Å². The maximum Gasteiger partial charge on any atom is 0.267 e. The normalized spacial score (nSPS) is 18.5. The molecular weight excluding hydrogens is 382 g/mol. The number of carbonyl (C=O) groups is 2. The van der Waals surface area contributed by atoms with E-state index >= 15 is 0 Å². The standard InChI is InChI=1S/C20H20ClN3O2S/c1-24(2)18(25)10-14-13-6-4-3-5-11(13)7-15(14)22-19(26)16-8-12-9-17(21)27-20(12)23-16/h3-6,8-9,14-15,23H,7,10H2,1-2H3,(H,22,26)/t14-,15-/m1/s1. The Morgan fingerprint density at radius 2 is 2.07 bits per heavy atom. The topological polar surface area (TPSA) is 65.2 Å². The number of thiophene rings is 1. The van der Waals surface area contributed by atoms with Gasteiger partial charge >= 0.3 is 0 Å². The molecule has 0 fully saturated rings. The van der Waals surface area contributed by atoms with Crippen LogP contribution in [0.25, 0.3) is 10.2 Å². The molecule has 27 heavy (non-hydrogen) atoms. The minimum atomic E-state index is -0.158. The van der Waals surface area contributed by atoms with Gasteiger partial charge in [0.15, 0.2) is 0 Å². The summed E-state index contributed by atoms with van der Waals surface area (Å²) in [4.78, 5) is 30.7. The Kier molecular flexibility index (Phi) is 4.70. The summed E-state index contributed by atoms with van der Waals surface area (Å²) in [7, 11) is 3.51. The number of hydrogen-bond acceptors (Lipinski definition) is 3. The SMILES string of the molecule is CN(C)C(=O)C[C@@H]1c2ccccc2C[C@H]1NC(=O)c1cc2cc(Cl)sc2[nH]1. The fourth-order valence-electron chi connectivity index (χ4n) is 3.71. The third-order valence-corrected chi connectivity index (χ3v) is 6.31. The maximum absolute atomic E-state index is 12.8. The van der Waals surface area contributed by atoms with Crippen LogP contribution in [0.2, 0.25) is 4.34 Å². The minimum Gasteiger partial charge on any atom is -0.349 e. The van der Waals surface area contributed by atoms with Gasteiger partial charge in [-0.25, -0.2) is 0 Å². The van der Waals surface area contributed by atoms with Crippen molar-refractivity contribution in [3.05, 3.63) is 57.6 Å². The van der Waals surface area contributed by atoms with Crippen molar-refractivity contribution in [1.29, 1.82) is 0 Å². The Morgan fingerprint density at radius 3 is 2.81 bits per heavy atom. The number of nitrogens with one attached hydrogen (secondary N) is 2. The van der Waals surface area contributed by atoms with Gasteiger partial charge in [0.05, 0.1) is 4.34 Å². The molecule has 4 rings (SSSR count). The van der Waals surface area contributed by atoms with Crippen LogP contribution >= 0.6 is 22.9 Å². The van der Waals surface area contributed by atoms with Crippen molar-refractivity contribution in [1.82, 2.24) is 15.2 Å². The molecule has 2 aromatic heterocycles. The molecule has 1 aliphatic carbocycles. The molecule has 2 N–H and O–H groups in total. The number of amides is 2. The second-order valence-corrected chi connectivity index (χ2v) is 8.78. The number of fused-ring (bicyclic) bond motifs is 2. The molecule has 2 atom stereocenters. The second kappa shape index (κ2) is 7.02. The summed E-state index contributed by atoms with van der Waals surface area (Å²) in [5, 5.41) is 4.07. The quantitative estimate of drug-likeness (QED) is 0.698. The molecule has 2 amide bonds. The van der Waals surface area contributed by atoms with Gasteiger partial charge in [-0.2, -0.15) is 0 Å². The Hall–Kier alpha value is -2.31. The first kappa shape index (κ1) is 18.1. The van der Waals surface area contributed by atoms with E-state index in [1.54, 1.807) is 19.0 Å². The zero-order chi connectivity index (χ0) is 19.1. The molecule has 0 bridgehead atoms. The number of nitrogens with zero attached hydrogens (tertiary/aromatic N) is 1. The van der Waals surface area contributed by atoms with Crippen molar-refractivity contribution in [3.63, 3.8) is 0 Å². The highest BCUT2D eigenvalue weighted by Gasteiger charge is 2.35. The smallest absolute Gasteiger partial charge is 0.267 e. The summed E-state index contributed by atoms with van der Waals surface area (Å²) < 4.78 is 0.691. The summed E-state index contributed by atoms with van der Waals surface area (Å²) in [6.07, 6.45) is 1.11. The van der Waals surface area contributed by atoms with Crippen LogP contribution in [0.4, 0.5) is 0 Å². The minimum absolute atomic E-state index is 0.0226. The predicted molar refractivity (Wildman–Crippen MR) is 109 cm³/mol. The Morgan fingerprint density at radius 1 is 1.30 bits per heavy atom. The lowest BCUT2D eigenvalue weighted by Gasteiger charge is -2.23. The van der Waals surface area contributed by atoms with Crippen LogP contribution in [0.3, 0.4) is 0 Å². The maximum atomic E-state index is 12.8. The fourth-order valence-corrected chi connectivity index (χ4v) is 4.84. The van der Waals surface area contributed by atoms with Gasteiger partial charge in [-0.3, -0.25) is 9.59 Å². The average molecular weight is 402 g/mol. The van der Waals surface area contributed by atoms with E-state index in [4.69, 9.17) is 11.6 Å². The third kappa shape index (κ3) is 3.47. The predicted octanol–water partition coefficient (Wildman–Crippen LogP) is 3.80. The summed E-state index contributed by atoms with van der Waals surface area (Å²) in [5.41, 5.74) is 2.86. The molecule has 0 unspecified atom stereocenters. The van der Waals surface area contributed by atoms with Crippen LogP contribution in [0.1, 0.15) is 34.0 Å². The molecule has 0 spiro atoms. The van der Waals surface area contributed by atoms with E-state index in [0.717, 1.165) is 22.2 Å². The molecule has 0 aliphatic heterocycles. The van der Waals surface area contributed by atoms with Crippen LogP contribution in [-0.4, -0.2) is 41.8 Å². The molecule has 2 heterocycles. The number of rotatable bonds is 4. The van der Waals surface area contributed by atoms with E-state index in [-0.39, 0.29) is 23.8 Å². The Balaban J connectivity index is 1.56. The van der Waals surface area contributed by atoms with Gasteiger partial charge < -0.3 is 15.2 Å². The summed E-state index contributed by atoms with van der Waals surface area (Å²) in [6, 6.07) is 11.7. The molecule has 5 nitrogen and oxygen atoms in total. The molecule has 0 saturated heterocycles. The number of carbonyl (C=O) groups excluding carboxylic acids is 2. The van der Waals surface area contributed by atoms with Crippen LogP contribution in [0, 0.1) is 0 Å². The zero-order valence-corrected chi connectivity index (χ0v) is 16.7. The molecule has 0 saturated carbocycles. The molecule has 3 aromatic rings. The number of aromatic amines is 1. The molecule has 140 valence electrons. The first-order chi connectivity index (χ1) is 12.9. The van der Waals surface area contributed by atoms with Crippen LogP contribution < -0.4 is 5.32 Å². The highest BCUT2D eigenvalue weighted by atomic mass is 35.5. The van der Waals surface area contributed by atoms with Crippen molar-refractivity contribution < 1.29 is 9.59 Å². The third-order valence-electron chi connectivity index (χ3n) is 5.11. The van der Waals surface area contributed by atoms with Gasteiger partial charge in [-0.05, 0) is 29.7 Å². The van der Waals surface area contributed by atoms with Crippen molar-refractivity contribution >= 4 is 45.0 Å². The van der Waals surface area contributed by atoms with Crippen LogP contribution in [0.15, 0.2) is 36.4 Å². The van der Waals surface area contributed by atoms with E-state index in [9.17, 15) is 9.59 Å². The number of aromatic nitrogens is 1. The first-order valence-corrected chi connectivity index (χ1v) is 9.98. The molecule has 1 aliphatic rings. The van der Waals surface area contributed by atoms with E-state index in [1.807, 2.05) is 24.3 Å². The van der Waals surface area contributed by atoms with E-state index in [1.165, 1.54) is 16.9 Å². The highest BCUT2D eigenvalue weighted by molar-refractivity contribution is 7.22. The van der Waals surface area contributed by atoms with E-state index < -0.39 is 0 Å². The molecular formula is C20H20ClN3O2S. The van der Waals surface area contributed by atoms with Gasteiger partial charge in [-0.1, -0.05) is 35.9 Å². The summed E-state index contributed by atoms with van der Waals surface area (Å²) in [6.45, 7) is 0. The molecule has 1 aromatic carbocycles. The number of halogens is 1. The van der Waals surface area contributed by atoms with Crippen molar-refractivity contribution in [2.75, 3.05) is 14.1 Å². The van der Waals surface area contributed by atoms with Crippen molar-refractivity contribution in [2.45, 2.75) is 24.8 Å². The average Bonchev–Trinajstić information content (AvgIpc) is 3.26. The Labute approximate surface area is 166 Å². The highest BCUT2D eigenvalue weighted by Crippen LogP contribution is 2.36. The van der Waals surface area contributed by atoms with Crippen molar-refractivity contribution in [3.8, 4) is 0 Å². The lowest BCUT2D eigenvalue weighted by molar-refractivity contribution is -0.129. The van der Waals surface area contributed by atoms with Gasteiger partial charge in [0.1, 0.15) is 10.5 Å². The number of hydrogen-bond donors (Lipinski definition) is 2. The first-order valence-electron chi connectivity index (χ1n) is 8.79. The molecule has 0 radical (unpaired) electrons. The van der Waals surface area contributed by atoms with Crippen LogP contribution in [0.5, 0.6) is 0 Å². The fraction of sp³-hybridized carbons (Fsp3) is 0.300. The van der Waals surface area contributed by atoms with Gasteiger partial charge in [0, 0.05) is 37.9 Å². The van der Waals surface area contributed by atoms with Crippen LogP contribution in [-0.2, 0) is 11.2 Å². The van der Waals surface area contributed by atoms with Crippen molar-refractivity contribution in [2.24, 2.45) is 0 Å². The Bertz CT molecular complexity index is 992. The van der Waals surface area contributed by atoms with E-state index in [2.05, 4.69) is 22.4 Å². The monoisotopic (exact) mass is 401 g/mol. The zero-order valence-electron chi connectivity index (χ0n) is 15.1. The summed E-state index contributed by atoms with van der Waals surface area (Å²) >= 11 is 7.42. The lowest BCUT2D eigenvalue weighted by atomic mass is 9.94. The molecule has 7 heteroatoms. The second-order valence-electron chi connectivity index (χ2n) is 7.10. The van der Waals surface area contributed by atoms with Gasteiger partial charge in [0.25, 0.3) is 5.91 Å².